The van der Waals surface area contributed by atoms with Gasteiger partial charge in [0.25, 0.3) is 0 Å². The summed E-state index contributed by atoms with van der Waals surface area (Å²) in [4.78, 5) is 4.45. The molecule has 0 radical (unpaired) electrons. The van der Waals surface area contributed by atoms with Crippen LogP contribution in [0.3, 0.4) is 0 Å². The molecular formula is C10H15NO2S. The standard InChI is InChI=1S/C10H15NO2S/c1-7(12)9-6-14-10(11-9)8-2-4-13-5-3-8/h6-8,12H,2-5H2,1H3. The molecule has 2 rings (SSSR count). The van der Waals surface area contributed by atoms with Crippen molar-refractivity contribution in [3.8, 4) is 0 Å². The van der Waals surface area contributed by atoms with Gasteiger partial charge in [0.15, 0.2) is 0 Å². The average Bonchev–Trinajstić information content (AvgIpc) is 2.68. The molecule has 1 aromatic rings. The predicted molar refractivity (Wildman–Crippen MR) is 55.5 cm³/mol. The van der Waals surface area contributed by atoms with Gasteiger partial charge in [-0.15, -0.1) is 11.3 Å². The van der Waals surface area contributed by atoms with Gasteiger partial charge < -0.3 is 9.84 Å². The first-order valence-corrected chi connectivity index (χ1v) is 5.86. The van der Waals surface area contributed by atoms with Crippen molar-refractivity contribution < 1.29 is 9.84 Å². The number of hydrogen-bond acceptors (Lipinski definition) is 4. The van der Waals surface area contributed by atoms with Gasteiger partial charge >= 0.3 is 0 Å². The van der Waals surface area contributed by atoms with E-state index in [1.165, 1.54) is 0 Å². The summed E-state index contributed by atoms with van der Waals surface area (Å²) in [6.07, 6.45) is 1.68. The van der Waals surface area contributed by atoms with Crippen LogP contribution in [0.5, 0.6) is 0 Å². The van der Waals surface area contributed by atoms with E-state index >= 15 is 0 Å². The summed E-state index contributed by atoms with van der Waals surface area (Å²) in [7, 11) is 0. The Hall–Kier alpha value is -0.450. The number of aromatic nitrogens is 1. The van der Waals surface area contributed by atoms with Gasteiger partial charge in [-0.25, -0.2) is 4.98 Å². The van der Waals surface area contributed by atoms with Gasteiger partial charge in [-0.2, -0.15) is 0 Å². The summed E-state index contributed by atoms with van der Waals surface area (Å²) >= 11 is 1.66. The highest BCUT2D eigenvalue weighted by atomic mass is 32.1. The first kappa shape index (κ1) is 10.1. The molecule has 3 nitrogen and oxygen atoms in total. The summed E-state index contributed by atoms with van der Waals surface area (Å²) in [5.41, 5.74) is 0.802. The fourth-order valence-corrected chi connectivity index (χ4v) is 2.70. The zero-order valence-electron chi connectivity index (χ0n) is 8.27. The lowest BCUT2D eigenvalue weighted by Crippen LogP contribution is -2.14. The molecule has 1 fully saturated rings. The molecule has 0 bridgehead atoms. The molecular weight excluding hydrogens is 198 g/mol. The maximum Gasteiger partial charge on any atom is 0.0962 e. The highest BCUT2D eigenvalue weighted by molar-refractivity contribution is 7.09. The van der Waals surface area contributed by atoms with E-state index in [2.05, 4.69) is 4.98 Å². The van der Waals surface area contributed by atoms with E-state index in [9.17, 15) is 5.11 Å². The van der Waals surface area contributed by atoms with E-state index in [1.54, 1.807) is 18.3 Å². The number of aliphatic hydroxyl groups excluding tert-OH is 1. The summed E-state index contributed by atoms with van der Waals surface area (Å²) in [6.45, 7) is 3.44. The molecule has 1 saturated heterocycles. The van der Waals surface area contributed by atoms with E-state index in [-0.39, 0.29) is 0 Å². The lowest BCUT2D eigenvalue weighted by Gasteiger charge is -2.19. The van der Waals surface area contributed by atoms with Crippen LogP contribution in [0.4, 0.5) is 0 Å². The van der Waals surface area contributed by atoms with Crippen LogP contribution >= 0.6 is 11.3 Å². The summed E-state index contributed by atoms with van der Waals surface area (Å²) in [6, 6.07) is 0. The van der Waals surface area contributed by atoms with Crippen LogP contribution < -0.4 is 0 Å². The zero-order chi connectivity index (χ0) is 9.97. The Morgan fingerprint density at radius 3 is 2.86 bits per heavy atom. The number of rotatable bonds is 2. The van der Waals surface area contributed by atoms with E-state index < -0.39 is 6.10 Å². The van der Waals surface area contributed by atoms with Crippen LogP contribution in [-0.4, -0.2) is 23.3 Å². The van der Waals surface area contributed by atoms with Crippen molar-refractivity contribution in [3.05, 3.63) is 16.1 Å². The monoisotopic (exact) mass is 213 g/mol. The number of hydrogen-bond donors (Lipinski definition) is 1. The van der Waals surface area contributed by atoms with Crippen molar-refractivity contribution in [2.24, 2.45) is 0 Å². The maximum atomic E-state index is 9.35. The van der Waals surface area contributed by atoms with E-state index in [4.69, 9.17) is 4.74 Å². The molecule has 4 heteroatoms. The van der Waals surface area contributed by atoms with Crippen molar-refractivity contribution in [2.45, 2.75) is 31.8 Å². The molecule has 0 aromatic carbocycles. The molecule has 0 spiro atoms. The fraction of sp³-hybridized carbons (Fsp3) is 0.700. The van der Waals surface area contributed by atoms with Crippen LogP contribution in [0, 0.1) is 0 Å². The van der Waals surface area contributed by atoms with Gasteiger partial charge in [-0.05, 0) is 19.8 Å². The second-order valence-electron chi connectivity index (χ2n) is 3.67. The maximum absolute atomic E-state index is 9.35. The van der Waals surface area contributed by atoms with Gasteiger partial charge in [0.1, 0.15) is 0 Å². The Bertz CT molecular complexity index is 292. The number of nitrogens with zero attached hydrogens (tertiary/aromatic N) is 1. The third-order valence-electron chi connectivity index (χ3n) is 2.54. The SMILES string of the molecule is CC(O)c1csc(C2CCOCC2)n1. The van der Waals surface area contributed by atoms with Crippen LogP contribution in [0.15, 0.2) is 5.38 Å². The van der Waals surface area contributed by atoms with Crippen molar-refractivity contribution in [1.82, 2.24) is 4.98 Å². The van der Waals surface area contributed by atoms with Crippen LogP contribution in [0.1, 0.15) is 42.5 Å². The molecule has 0 saturated carbocycles. The van der Waals surface area contributed by atoms with Crippen LogP contribution in [-0.2, 0) is 4.74 Å². The number of aliphatic hydroxyl groups is 1. The molecule has 1 aliphatic heterocycles. The fourth-order valence-electron chi connectivity index (χ4n) is 1.62. The molecule has 0 aliphatic carbocycles. The number of thiazole rings is 1. The molecule has 2 heterocycles. The minimum Gasteiger partial charge on any atom is -0.387 e. The normalized spacial score (nSPS) is 21.0. The predicted octanol–water partition coefficient (Wildman–Crippen LogP) is 2.09. The Labute approximate surface area is 87.7 Å². The van der Waals surface area contributed by atoms with E-state index in [0.29, 0.717) is 5.92 Å². The van der Waals surface area contributed by atoms with Crippen molar-refractivity contribution in [1.29, 1.82) is 0 Å². The average molecular weight is 213 g/mol. The van der Waals surface area contributed by atoms with Crippen molar-refractivity contribution in [2.75, 3.05) is 13.2 Å². The Morgan fingerprint density at radius 1 is 1.57 bits per heavy atom. The highest BCUT2D eigenvalue weighted by Crippen LogP contribution is 2.30. The minimum absolute atomic E-state index is 0.445. The molecule has 1 atom stereocenters. The van der Waals surface area contributed by atoms with E-state index in [1.807, 2.05) is 5.38 Å². The molecule has 1 N–H and O–H groups in total. The second kappa shape index (κ2) is 4.38. The Morgan fingerprint density at radius 2 is 2.29 bits per heavy atom. The van der Waals surface area contributed by atoms with E-state index in [0.717, 1.165) is 36.8 Å². The molecule has 78 valence electrons. The van der Waals surface area contributed by atoms with Crippen LogP contribution in [0.25, 0.3) is 0 Å². The van der Waals surface area contributed by atoms with Gasteiger partial charge in [-0.3, -0.25) is 0 Å². The summed E-state index contributed by atoms with van der Waals surface area (Å²) in [5, 5.41) is 12.5. The van der Waals surface area contributed by atoms with Gasteiger partial charge in [0.05, 0.1) is 16.8 Å². The van der Waals surface area contributed by atoms with Crippen molar-refractivity contribution in [3.63, 3.8) is 0 Å². The molecule has 14 heavy (non-hydrogen) atoms. The molecule has 1 unspecified atom stereocenters. The minimum atomic E-state index is -0.445. The topological polar surface area (TPSA) is 42.4 Å². The largest absolute Gasteiger partial charge is 0.387 e. The molecule has 1 aromatic heterocycles. The highest BCUT2D eigenvalue weighted by Gasteiger charge is 2.19. The molecule has 0 amide bonds. The molecule has 1 aliphatic rings. The second-order valence-corrected chi connectivity index (χ2v) is 4.56. The lowest BCUT2D eigenvalue weighted by molar-refractivity contribution is 0.0851. The zero-order valence-corrected chi connectivity index (χ0v) is 9.09. The first-order valence-electron chi connectivity index (χ1n) is 4.98. The summed E-state index contributed by atoms with van der Waals surface area (Å²) < 4.78 is 5.30. The quantitative estimate of drug-likeness (QED) is 0.818. The smallest absolute Gasteiger partial charge is 0.0962 e. The van der Waals surface area contributed by atoms with Gasteiger partial charge in [-0.1, -0.05) is 0 Å². The third-order valence-corrected chi connectivity index (χ3v) is 3.56. The lowest BCUT2D eigenvalue weighted by atomic mass is 10.0. The Kier molecular flexibility index (Phi) is 3.15. The Balaban J connectivity index is 2.07. The summed E-state index contributed by atoms with van der Waals surface area (Å²) in [5.74, 6) is 0.543. The van der Waals surface area contributed by atoms with Gasteiger partial charge in [0, 0.05) is 24.5 Å². The van der Waals surface area contributed by atoms with Crippen LogP contribution in [0.2, 0.25) is 0 Å². The first-order chi connectivity index (χ1) is 6.77. The van der Waals surface area contributed by atoms with Crippen molar-refractivity contribution >= 4 is 11.3 Å². The van der Waals surface area contributed by atoms with Gasteiger partial charge in [0.2, 0.25) is 0 Å². The third kappa shape index (κ3) is 2.13. The number of ether oxygens (including phenoxy) is 1.